The van der Waals surface area contributed by atoms with Crippen molar-refractivity contribution in [1.29, 1.82) is 0 Å². The molecule has 1 unspecified atom stereocenters. The second-order valence-electron chi connectivity index (χ2n) is 4.27. The molecular formula is C10H12Cl2N4O. The predicted molar refractivity (Wildman–Crippen MR) is 66.3 cm³/mol. The average molecular weight is 275 g/mol. The van der Waals surface area contributed by atoms with Crippen LogP contribution in [-0.4, -0.2) is 29.0 Å². The lowest BCUT2D eigenvalue weighted by Crippen LogP contribution is -2.35. The summed E-state index contributed by atoms with van der Waals surface area (Å²) in [6.45, 7) is 3.39. The normalized spacial score (nSPS) is 23.7. The number of hydrogen-bond acceptors (Lipinski definition) is 4. The Morgan fingerprint density at radius 1 is 1.53 bits per heavy atom. The molecule has 0 aliphatic carbocycles. The zero-order valence-electron chi connectivity index (χ0n) is 9.26. The second-order valence-corrected chi connectivity index (χ2v) is 5.00. The topological polar surface area (TPSA) is 66.9 Å². The van der Waals surface area contributed by atoms with Crippen LogP contribution in [0.25, 0.3) is 0 Å². The molecule has 0 radical (unpaired) electrons. The van der Waals surface area contributed by atoms with Gasteiger partial charge in [0.25, 0.3) is 0 Å². The van der Waals surface area contributed by atoms with Crippen molar-refractivity contribution < 1.29 is 4.79 Å². The first kappa shape index (κ1) is 12.5. The molecule has 0 spiro atoms. The zero-order valence-corrected chi connectivity index (χ0v) is 10.8. The van der Waals surface area contributed by atoms with Gasteiger partial charge in [0, 0.05) is 6.54 Å². The molecule has 7 heteroatoms. The Labute approximate surface area is 109 Å². The van der Waals surface area contributed by atoms with Crippen molar-refractivity contribution in [3.8, 4) is 0 Å². The molecule has 1 atom stereocenters. The molecule has 1 aromatic rings. The van der Waals surface area contributed by atoms with E-state index in [4.69, 9.17) is 23.2 Å². The van der Waals surface area contributed by atoms with Crippen molar-refractivity contribution in [2.24, 2.45) is 5.41 Å². The first-order valence-electron chi connectivity index (χ1n) is 5.21. The van der Waals surface area contributed by atoms with Gasteiger partial charge in [-0.05, 0) is 19.9 Å². The highest BCUT2D eigenvalue weighted by atomic mass is 35.5. The van der Waals surface area contributed by atoms with Crippen molar-refractivity contribution in [2.45, 2.75) is 13.3 Å². The minimum Gasteiger partial charge on any atom is -0.316 e. The van der Waals surface area contributed by atoms with E-state index in [1.807, 2.05) is 6.92 Å². The number of rotatable bonds is 2. The molecule has 2 heterocycles. The first-order chi connectivity index (χ1) is 8.03. The van der Waals surface area contributed by atoms with E-state index in [1.165, 1.54) is 6.33 Å². The molecular weight excluding hydrogens is 263 g/mol. The standard InChI is InChI=1S/C10H12Cl2N4O/c1-10(2-3-13-4-10)9(17)16-8-6(11)7(12)14-5-15-8/h5,13H,2-4H2,1H3,(H,14,15,16,17). The Morgan fingerprint density at radius 3 is 2.94 bits per heavy atom. The quantitative estimate of drug-likeness (QED) is 0.806. The van der Waals surface area contributed by atoms with Crippen LogP contribution >= 0.6 is 23.2 Å². The Hall–Kier alpha value is -0.910. The van der Waals surface area contributed by atoms with Gasteiger partial charge in [-0.1, -0.05) is 23.2 Å². The van der Waals surface area contributed by atoms with Gasteiger partial charge in [-0.25, -0.2) is 9.97 Å². The van der Waals surface area contributed by atoms with E-state index < -0.39 is 5.41 Å². The van der Waals surface area contributed by atoms with Gasteiger partial charge in [0.2, 0.25) is 5.91 Å². The van der Waals surface area contributed by atoms with Gasteiger partial charge in [-0.3, -0.25) is 4.79 Å². The summed E-state index contributed by atoms with van der Waals surface area (Å²) in [7, 11) is 0. The summed E-state index contributed by atoms with van der Waals surface area (Å²) in [5.41, 5.74) is -0.430. The molecule has 5 nitrogen and oxygen atoms in total. The smallest absolute Gasteiger partial charge is 0.232 e. The Kier molecular flexibility index (Phi) is 3.51. The Bertz CT molecular complexity index is 446. The van der Waals surface area contributed by atoms with Crippen LogP contribution < -0.4 is 10.6 Å². The number of anilines is 1. The number of amides is 1. The van der Waals surface area contributed by atoms with Crippen molar-refractivity contribution in [1.82, 2.24) is 15.3 Å². The molecule has 1 amide bonds. The number of nitrogens with one attached hydrogen (secondary N) is 2. The molecule has 1 aliphatic rings. The molecule has 92 valence electrons. The SMILES string of the molecule is CC1(C(=O)Nc2ncnc(Cl)c2Cl)CCNC1. The zero-order chi connectivity index (χ0) is 12.5. The summed E-state index contributed by atoms with van der Waals surface area (Å²) in [5, 5.41) is 6.14. The van der Waals surface area contributed by atoms with Crippen LogP contribution in [0.15, 0.2) is 6.33 Å². The molecule has 1 fully saturated rings. The molecule has 2 rings (SSSR count). The lowest BCUT2D eigenvalue weighted by molar-refractivity contribution is -0.123. The summed E-state index contributed by atoms with van der Waals surface area (Å²) >= 11 is 11.6. The maximum atomic E-state index is 12.1. The maximum Gasteiger partial charge on any atom is 0.232 e. The number of halogens is 2. The van der Waals surface area contributed by atoms with E-state index in [-0.39, 0.29) is 21.9 Å². The van der Waals surface area contributed by atoms with Crippen LogP contribution in [0.4, 0.5) is 5.82 Å². The molecule has 1 aliphatic heterocycles. The van der Waals surface area contributed by atoms with Gasteiger partial charge in [-0.2, -0.15) is 0 Å². The third-order valence-corrected chi connectivity index (χ3v) is 3.64. The Balaban J connectivity index is 2.16. The van der Waals surface area contributed by atoms with Gasteiger partial charge < -0.3 is 10.6 Å². The second kappa shape index (κ2) is 4.76. The summed E-state index contributed by atoms with van der Waals surface area (Å²) in [6, 6.07) is 0. The van der Waals surface area contributed by atoms with Gasteiger partial charge in [-0.15, -0.1) is 0 Å². The lowest BCUT2D eigenvalue weighted by atomic mass is 9.89. The van der Waals surface area contributed by atoms with E-state index in [1.54, 1.807) is 0 Å². The van der Waals surface area contributed by atoms with E-state index in [9.17, 15) is 4.79 Å². The van der Waals surface area contributed by atoms with Crippen LogP contribution in [0.3, 0.4) is 0 Å². The molecule has 1 saturated heterocycles. The van der Waals surface area contributed by atoms with Crippen molar-refractivity contribution in [2.75, 3.05) is 18.4 Å². The number of nitrogens with zero attached hydrogens (tertiary/aromatic N) is 2. The van der Waals surface area contributed by atoms with Gasteiger partial charge in [0.05, 0.1) is 5.41 Å². The van der Waals surface area contributed by atoms with Gasteiger partial charge in [0.1, 0.15) is 11.3 Å². The largest absolute Gasteiger partial charge is 0.316 e. The first-order valence-corrected chi connectivity index (χ1v) is 5.97. The van der Waals surface area contributed by atoms with E-state index >= 15 is 0 Å². The summed E-state index contributed by atoms with van der Waals surface area (Å²) in [5.74, 6) is 0.143. The number of aromatic nitrogens is 2. The van der Waals surface area contributed by atoms with Crippen molar-refractivity contribution in [3.63, 3.8) is 0 Å². The van der Waals surface area contributed by atoms with Crippen molar-refractivity contribution >= 4 is 34.9 Å². The fraction of sp³-hybridized carbons (Fsp3) is 0.500. The minimum absolute atomic E-state index is 0.112. The average Bonchev–Trinajstić information content (AvgIpc) is 2.73. The van der Waals surface area contributed by atoms with Crippen LogP contribution in [-0.2, 0) is 4.79 Å². The van der Waals surface area contributed by atoms with Crippen LogP contribution in [0, 0.1) is 5.41 Å². The van der Waals surface area contributed by atoms with Gasteiger partial charge in [0.15, 0.2) is 11.0 Å². The molecule has 2 N–H and O–H groups in total. The minimum atomic E-state index is -0.430. The van der Waals surface area contributed by atoms with Crippen LogP contribution in [0.1, 0.15) is 13.3 Å². The number of carbonyl (C=O) groups is 1. The summed E-state index contributed by atoms with van der Waals surface area (Å²) < 4.78 is 0. The molecule has 0 aromatic carbocycles. The Morgan fingerprint density at radius 2 is 2.29 bits per heavy atom. The van der Waals surface area contributed by atoms with E-state index in [2.05, 4.69) is 20.6 Å². The fourth-order valence-corrected chi connectivity index (χ4v) is 1.98. The van der Waals surface area contributed by atoms with Crippen LogP contribution in [0.2, 0.25) is 10.2 Å². The lowest BCUT2D eigenvalue weighted by Gasteiger charge is -2.21. The highest BCUT2D eigenvalue weighted by Gasteiger charge is 2.36. The fourth-order valence-electron chi connectivity index (χ4n) is 1.70. The maximum absolute atomic E-state index is 12.1. The number of hydrogen-bond donors (Lipinski definition) is 2. The predicted octanol–water partition coefficient (Wildman–Crippen LogP) is 1.72. The van der Waals surface area contributed by atoms with Gasteiger partial charge >= 0.3 is 0 Å². The molecule has 0 saturated carbocycles. The highest BCUT2D eigenvalue weighted by Crippen LogP contribution is 2.29. The van der Waals surface area contributed by atoms with Crippen LogP contribution in [0.5, 0.6) is 0 Å². The molecule has 17 heavy (non-hydrogen) atoms. The van der Waals surface area contributed by atoms with E-state index in [0.29, 0.717) is 6.54 Å². The van der Waals surface area contributed by atoms with Crippen molar-refractivity contribution in [3.05, 3.63) is 16.5 Å². The monoisotopic (exact) mass is 274 g/mol. The molecule has 1 aromatic heterocycles. The molecule has 0 bridgehead atoms. The summed E-state index contributed by atoms with van der Waals surface area (Å²) in [6.07, 6.45) is 2.05. The summed E-state index contributed by atoms with van der Waals surface area (Å²) in [4.78, 5) is 19.7. The third kappa shape index (κ3) is 2.51. The van der Waals surface area contributed by atoms with E-state index in [0.717, 1.165) is 13.0 Å². The highest BCUT2D eigenvalue weighted by molar-refractivity contribution is 6.42. The third-order valence-electron chi connectivity index (χ3n) is 2.90. The number of carbonyl (C=O) groups excluding carboxylic acids is 1.